The van der Waals surface area contributed by atoms with Crippen LogP contribution < -0.4 is 4.74 Å². The second-order valence-electron chi connectivity index (χ2n) is 8.35. The Morgan fingerprint density at radius 2 is 2.10 bits per heavy atom. The van der Waals surface area contributed by atoms with E-state index >= 15 is 0 Å². The van der Waals surface area contributed by atoms with Gasteiger partial charge in [-0.3, -0.25) is 14.7 Å². The number of rotatable bonds is 4. The van der Waals surface area contributed by atoms with E-state index in [0.29, 0.717) is 49.3 Å². The first-order valence-electron chi connectivity index (χ1n) is 10.9. The summed E-state index contributed by atoms with van der Waals surface area (Å²) in [7, 11) is 0. The summed E-state index contributed by atoms with van der Waals surface area (Å²) in [5.41, 5.74) is 3.35. The molecule has 1 aliphatic carbocycles. The molecular weight excluding hydrogens is 382 g/mol. The SMILES string of the molecule is CCOc1ncccc1C(=O)N1C[C@@H]2CN(C(=O)c3n[nH]c4c3CCCC4)CC[C@@H]21. The van der Waals surface area contributed by atoms with Crippen molar-refractivity contribution in [2.45, 2.75) is 45.1 Å². The van der Waals surface area contributed by atoms with E-state index in [-0.39, 0.29) is 17.9 Å². The number of piperidine rings is 1. The summed E-state index contributed by atoms with van der Waals surface area (Å²) in [4.78, 5) is 34.2. The van der Waals surface area contributed by atoms with Crippen molar-refractivity contribution in [2.75, 3.05) is 26.2 Å². The van der Waals surface area contributed by atoms with Crippen molar-refractivity contribution < 1.29 is 14.3 Å². The maximum Gasteiger partial charge on any atom is 0.274 e. The molecule has 8 nitrogen and oxygen atoms in total. The summed E-state index contributed by atoms with van der Waals surface area (Å²) in [5, 5.41) is 7.41. The summed E-state index contributed by atoms with van der Waals surface area (Å²) in [6.07, 6.45) is 6.62. The third kappa shape index (κ3) is 3.14. The number of H-pyrrole nitrogens is 1. The Morgan fingerprint density at radius 3 is 2.93 bits per heavy atom. The Labute approximate surface area is 175 Å². The molecule has 2 aromatic heterocycles. The van der Waals surface area contributed by atoms with Crippen LogP contribution in [-0.4, -0.2) is 69.1 Å². The van der Waals surface area contributed by atoms with Crippen molar-refractivity contribution in [3.63, 3.8) is 0 Å². The van der Waals surface area contributed by atoms with Crippen LogP contribution in [0.2, 0.25) is 0 Å². The number of fused-ring (bicyclic) bond motifs is 2. The van der Waals surface area contributed by atoms with Crippen LogP contribution in [0.3, 0.4) is 0 Å². The maximum atomic E-state index is 13.1. The number of hydrogen-bond acceptors (Lipinski definition) is 5. The van der Waals surface area contributed by atoms with Gasteiger partial charge in [-0.2, -0.15) is 5.10 Å². The Kier molecular flexibility index (Phi) is 4.92. The van der Waals surface area contributed by atoms with Gasteiger partial charge in [-0.05, 0) is 51.2 Å². The standard InChI is InChI=1S/C22H27N5O3/c1-2-30-20-16(7-5-10-23-20)21(28)27-13-14-12-26(11-9-18(14)27)22(29)19-15-6-3-4-8-17(15)24-25-19/h5,7,10,14,18H,2-4,6,8-9,11-13H2,1H3,(H,24,25)/t14-,18-/m0/s1. The molecule has 2 saturated heterocycles. The molecule has 0 saturated carbocycles. The highest BCUT2D eigenvalue weighted by atomic mass is 16.5. The first-order valence-corrected chi connectivity index (χ1v) is 10.9. The number of pyridine rings is 1. The van der Waals surface area contributed by atoms with E-state index in [4.69, 9.17) is 4.74 Å². The number of carbonyl (C=O) groups is 2. The molecule has 0 unspecified atom stereocenters. The number of nitrogens with zero attached hydrogens (tertiary/aromatic N) is 4. The van der Waals surface area contributed by atoms with Gasteiger partial charge < -0.3 is 14.5 Å². The molecule has 0 spiro atoms. The Balaban J connectivity index is 1.25. The van der Waals surface area contributed by atoms with Gasteiger partial charge in [0.05, 0.1) is 6.61 Å². The normalized spacial score (nSPS) is 22.7. The molecule has 158 valence electrons. The first kappa shape index (κ1) is 19.1. The highest BCUT2D eigenvalue weighted by Gasteiger charge is 2.46. The largest absolute Gasteiger partial charge is 0.477 e. The van der Waals surface area contributed by atoms with Gasteiger partial charge in [0, 0.05) is 49.0 Å². The predicted octanol–water partition coefficient (Wildman–Crippen LogP) is 2.07. The Morgan fingerprint density at radius 1 is 1.23 bits per heavy atom. The van der Waals surface area contributed by atoms with Crippen molar-refractivity contribution in [2.24, 2.45) is 5.92 Å². The molecule has 2 amide bonds. The smallest absolute Gasteiger partial charge is 0.274 e. The van der Waals surface area contributed by atoms with Crippen molar-refractivity contribution in [3.05, 3.63) is 40.8 Å². The van der Waals surface area contributed by atoms with Gasteiger partial charge in [-0.25, -0.2) is 4.98 Å². The summed E-state index contributed by atoms with van der Waals surface area (Å²) in [5.74, 6) is 0.704. The minimum absolute atomic E-state index is 0.0310. The first-order chi connectivity index (χ1) is 14.7. The number of ether oxygens (including phenoxy) is 1. The van der Waals surface area contributed by atoms with Crippen LogP contribution in [0, 0.1) is 5.92 Å². The van der Waals surface area contributed by atoms with Crippen LogP contribution in [0.4, 0.5) is 0 Å². The quantitative estimate of drug-likeness (QED) is 0.835. The van der Waals surface area contributed by atoms with E-state index < -0.39 is 0 Å². The molecule has 4 heterocycles. The van der Waals surface area contributed by atoms with E-state index in [1.165, 1.54) is 0 Å². The van der Waals surface area contributed by atoms with Gasteiger partial charge in [0.25, 0.3) is 11.8 Å². The number of carbonyl (C=O) groups excluding carboxylic acids is 2. The zero-order valence-electron chi connectivity index (χ0n) is 17.3. The summed E-state index contributed by atoms with van der Waals surface area (Å²) in [6.45, 7) is 4.34. The molecule has 0 bridgehead atoms. The second-order valence-corrected chi connectivity index (χ2v) is 8.35. The van der Waals surface area contributed by atoms with E-state index in [9.17, 15) is 9.59 Å². The molecule has 1 N–H and O–H groups in total. The van der Waals surface area contributed by atoms with E-state index in [1.54, 1.807) is 18.3 Å². The number of aromatic amines is 1. The lowest BCUT2D eigenvalue weighted by Crippen LogP contribution is -2.65. The molecule has 0 radical (unpaired) electrons. The third-order valence-electron chi connectivity index (χ3n) is 6.61. The predicted molar refractivity (Wildman–Crippen MR) is 109 cm³/mol. The molecular formula is C22H27N5O3. The Bertz CT molecular complexity index is 971. The van der Waals surface area contributed by atoms with Crippen molar-refractivity contribution in [1.29, 1.82) is 0 Å². The average molecular weight is 409 g/mol. The van der Waals surface area contributed by atoms with Crippen LogP contribution in [0.5, 0.6) is 5.88 Å². The summed E-state index contributed by atoms with van der Waals surface area (Å²) >= 11 is 0. The topological polar surface area (TPSA) is 91.4 Å². The van der Waals surface area contributed by atoms with Crippen molar-refractivity contribution in [3.8, 4) is 5.88 Å². The van der Waals surface area contributed by atoms with Gasteiger partial charge in [-0.1, -0.05) is 0 Å². The molecule has 3 aliphatic rings. The third-order valence-corrected chi connectivity index (χ3v) is 6.61. The zero-order chi connectivity index (χ0) is 20.7. The van der Waals surface area contributed by atoms with E-state index in [0.717, 1.165) is 43.4 Å². The monoisotopic (exact) mass is 409 g/mol. The molecule has 2 fully saturated rings. The summed E-state index contributed by atoms with van der Waals surface area (Å²) < 4.78 is 5.53. The van der Waals surface area contributed by atoms with Crippen LogP contribution in [0.15, 0.2) is 18.3 Å². The lowest BCUT2D eigenvalue weighted by molar-refractivity contribution is -0.0229. The number of aryl methyl sites for hydroxylation is 1. The van der Waals surface area contributed by atoms with Crippen LogP contribution in [0.25, 0.3) is 0 Å². The fourth-order valence-electron chi connectivity index (χ4n) is 5.05. The zero-order valence-corrected chi connectivity index (χ0v) is 17.3. The highest BCUT2D eigenvalue weighted by Crippen LogP contribution is 2.35. The van der Waals surface area contributed by atoms with E-state index in [2.05, 4.69) is 15.2 Å². The minimum atomic E-state index is -0.0334. The van der Waals surface area contributed by atoms with Gasteiger partial charge in [0.15, 0.2) is 5.69 Å². The summed E-state index contributed by atoms with van der Waals surface area (Å²) in [6, 6.07) is 3.70. The average Bonchev–Trinajstić information content (AvgIpc) is 3.19. The van der Waals surface area contributed by atoms with Crippen molar-refractivity contribution >= 4 is 11.8 Å². The number of nitrogens with one attached hydrogen (secondary N) is 1. The van der Waals surface area contributed by atoms with Gasteiger partial charge in [0.2, 0.25) is 5.88 Å². The minimum Gasteiger partial charge on any atom is -0.477 e. The number of likely N-dealkylation sites (tertiary alicyclic amines) is 2. The van der Waals surface area contributed by atoms with Crippen LogP contribution in [0.1, 0.15) is 58.3 Å². The number of amides is 2. The highest BCUT2D eigenvalue weighted by molar-refractivity contribution is 5.97. The van der Waals surface area contributed by atoms with Gasteiger partial charge in [-0.15, -0.1) is 0 Å². The molecule has 0 aromatic carbocycles. The number of hydrogen-bond donors (Lipinski definition) is 1. The van der Waals surface area contributed by atoms with Gasteiger partial charge in [0.1, 0.15) is 5.56 Å². The number of aromatic nitrogens is 3. The van der Waals surface area contributed by atoms with Crippen LogP contribution in [-0.2, 0) is 12.8 Å². The second kappa shape index (κ2) is 7.74. The molecule has 2 atom stereocenters. The molecule has 5 rings (SSSR count). The van der Waals surface area contributed by atoms with Crippen molar-refractivity contribution in [1.82, 2.24) is 25.0 Å². The lowest BCUT2D eigenvalue weighted by atomic mass is 9.82. The fraction of sp³-hybridized carbons (Fsp3) is 0.545. The van der Waals surface area contributed by atoms with E-state index in [1.807, 2.05) is 16.7 Å². The molecule has 2 aromatic rings. The molecule has 8 heteroatoms. The Hall–Kier alpha value is -2.90. The lowest BCUT2D eigenvalue weighted by Gasteiger charge is -2.53. The molecule has 2 aliphatic heterocycles. The van der Waals surface area contributed by atoms with Crippen LogP contribution >= 0.6 is 0 Å². The molecule has 30 heavy (non-hydrogen) atoms. The van der Waals surface area contributed by atoms with Gasteiger partial charge >= 0.3 is 0 Å². The fourth-order valence-corrected chi connectivity index (χ4v) is 5.05. The maximum absolute atomic E-state index is 13.1.